The zero-order valence-corrected chi connectivity index (χ0v) is 18.6. The van der Waals surface area contributed by atoms with Crippen LogP contribution in [0, 0.1) is 25.2 Å². The van der Waals surface area contributed by atoms with E-state index in [1.807, 2.05) is 68.5 Å². The number of hydrogen-bond acceptors (Lipinski definition) is 6. The number of hydrogen-bond donors (Lipinski definition) is 0. The van der Waals surface area contributed by atoms with Crippen LogP contribution in [0.25, 0.3) is 11.3 Å². The standard InChI is InChI=1S/C23H24N4O2S/c1-6-27(4)14-25-20-11-16(3)21(12-15(20)2)29-23-19(13-24)22(26-30-23)17-7-9-18(28-5)10-8-17/h7-12,14H,6H2,1-5H3/b25-14-. The molecule has 0 aliphatic rings. The summed E-state index contributed by atoms with van der Waals surface area (Å²) in [5.74, 6) is 1.44. The highest BCUT2D eigenvalue weighted by Crippen LogP contribution is 2.39. The van der Waals surface area contributed by atoms with Gasteiger partial charge in [0.2, 0.25) is 5.06 Å². The predicted octanol–water partition coefficient (Wildman–Crippen LogP) is 5.71. The number of aryl methyl sites for hydroxylation is 2. The van der Waals surface area contributed by atoms with Gasteiger partial charge in [0.15, 0.2) is 0 Å². The largest absolute Gasteiger partial charge is 0.497 e. The van der Waals surface area contributed by atoms with Gasteiger partial charge in [-0.25, -0.2) is 4.99 Å². The van der Waals surface area contributed by atoms with Gasteiger partial charge in [0.1, 0.15) is 28.8 Å². The van der Waals surface area contributed by atoms with Crippen LogP contribution in [0.1, 0.15) is 23.6 Å². The molecule has 154 valence electrons. The molecule has 1 heterocycles. The second kappa shape index (κ2) is 9.42. The summed E-state index contributed by atoms with van der Waals surface area (Å²) in [4.78, 5) is 6.56. The number of methoxy groups -OCH3 is 1. The topological polar surface area (TPSA) is 70.7 Å². The van der Waals surface area contributed by atoms with E-state index in [1.54, 1.807) is 7.11 Å². The maximum atomic E-state index is 9.73. The van der Waals surface area contributed by atoms with Crippen LogP contribution >= 0.6 is 11.5 Å². The van der Waals surface area contributed by atoms with Gasteiger partial charge in [-0.05, 0) is 68.3 Å². The Balaban J connectivity index is 1.89. The summed E-state index contributed by atoms with van der Waals surface area (Å²) in [5.41, 5.74) is 4.71. The molecule has 7 heteroatoms. The van der Waals surface area contributed by atoms with Gasteiger partial charge in [-0.1, -0.05) is 0 Å². The van der Waals surface area contributed by atoms with Gasteiger partial charge in [0, 0.05) is 30.7 Å². The number of nitrogens with zero attached hydrogens (tertiary/aromatic N) is 4. The van der Waals surface area contributed by atoms with Crippen LogP contribution in [0.2, 0.25) is 0 Å². The van der Waals surface area contributed by atoms with Gasteiger partial charge in [-0.2, -0.15) is 9.64 Å². The summed E-state index contributed by atoms with van der Waals surface area (Å²) < 4.78 is 15.8. The van der Waals surface area contributed by atoms with E-state index in [2.05, 4.69) is 22.4 Å². The minimum Gasteiger partial charge on any atom is -0.497 e. The van der Waals surface area contributed by atoms with Gasteiger partial charge in [0.05, 0.1) is 19.1 Å². The van der Waals surface area contributed by atoms with Crippen LogP contribution in [0.15, 0.2) is 41.4 Å². The predicted molar refractivity (Wildman–Crippen MR) is 121 cm³/mol. The minimum atomic E-state index is 0.425. The Morgan fingerprint density at radius 1 is 1.20 bits per heavy atom. The first kappa shape index (κ1) is 21.3. The molecule has 3 rings (SSSR count). The van der Waals surface area contributed by atoms with E-state index in [9.17, 15) is 5.26 Å². The lowest BCUT2D eigenvalue weighted by molar-refractivity contribution is 0.415. The molecule has 0 amide bonds. The molecule has 3 aromatic rings. The van der Waals surface area contributed by atoms with Crippen molar-refractivity contribution in [2.75, 3.05) is 20.7 Å². The van der Waals surface area contributed by atoms with E-state index in [-0.39, 0.29) is 0 Å². The lowest BCUT2D eigenvalue weighted by Crippen LogP contribution is -2.14. The number of aromatic nitrogens is 1. The maximum Gasteiger partial charge on any atom is 0.218 e. The Morgan fingerprint density at radius 3 is 2.57 bits per heavy atom. The second-order valence-electron chi connectivity index (χ2n) is 6.86. The molecule has 0 aliphatic carbocycles. The number of nitriles is 1. The molecule has 30 heavy (non-hydrogen) atoms. The van der Waals surface area contributed by atoms with Crippen molar-refractivity contribution < 1.29 is 9.47 Å². The third-order valence-electron chi connectivity index (χ3n) is 4.72. The van der Waals surface area contributed by atoms with E-state index in [4.69, 9.17) is 9.47 Å². The first-order chi connectivity index (χ1) is 14.5. The third kappa shape index (κ3) is 4.61. The normalized spacial score (nSPS) is 10.8. The van der Waals surface area contributed by atoms with Crippen molar-refractivity contribution in [3.8, 4) is 33.9 Å². The lowest BCUT2D eigenvalue weighted by atomic mass is 10.1. The Bertz CT molecular complexity index is 1100. The molecule has 0 unspecified atom stereocenters. The molecule has 0 saturated heterocycles. The molecule has 0 fully saturated rings. The van der Waals surface area contributed by atoms with Crippen molar-refractivity contribution in [1.82, 2.24) is 9.27 Å². The monoisotopic (exact) mass is 420 g/mol. The van der Waals surface area contributed by atoms with Gasteiger partial charge in [-0.3, -0.25) is 0 Å². The van der Waals surface area contributed by atoms with E-state index in [0.29, 0.717) is 22.1 Å². The van der Waals surface area contributed by atoms with Crippen molar-refractivity contribution in [1.29, 1.82) is 5.26 Å². The molecule has 0 atom stereocenters. The van der Waals surface area contributed by atoms with Crippen molar-refractivity contribution in [2.45, 2.75) is 20.8 Å². The summed E-state index contributed by atoms with van der Waals surface area (Å²) in [6.45, 7) is 6.92. The average molecular weight is 421 g/mol. The van der Waals surface area contributed by atoms with E-state index >= 15 is 0 Å². The van der Waals surface area contributed by atoms with Gasteiger partial charge in [0.25, 0.3) is 0 Å². The highest BCUT2D eigenvalue weighted by atomic mass is 32.1. The summed E-state index contributed by atoms with van der Waals surface area (Å²) >= 11 is 1.17. The van der Waals surface area contributed by atoms with Crippen LogP contribution in [0.5, 0.6) is 16.6 Å². The molecule has 0 N–H and O–H groups in total. The summed E-state index contributed by atoms with van der Waals surface area (Å²) in [6, 6.07) is 13.6. The smallest absolute Gasteiger partial charge is 0.218 e. The first-order valence-electron chi connectivity index (χ1n) is 9.54. The van der Waals surface area contributed by atoms with Crippen molar-refractivity contribution in [2.24, 2.45) is 4.99 Å². The quantitative estimate of drug-likeness (QED) is 0.362. The van der Waals surface area contributed by atoms with Crippen LogP contribution in [0.4, 0.5) is 5.69 Å². The SMILES string of the molecule is CCN(C)/C=N\c1cc(C)c(Oc2snc(-c3ccc(OC)cc3)c2C#N)cc1C. The highest BCUT2D eigenvalue weighted by molar-refractivity contribution is 7.08. The van der Waals surface area contributed by atoms with Gasteiger partial charge in [-0.15, -0.1) is 0 Å². The Hall–Kier alpha value is -3.37. The maximum absolute atomic E-state index is 9.73. The fraction of sp³-hybridized carbons (Fsp3) is 0.261. The molecule has 0 saturated carbocycles. The molecular formula is C23H24N4O2S. The minimum absolute atomic E-state index is 0.425. The number of ether oxygens (including phenoxy) is 2. The van der Waals surface area contributed by atoms with Crippen molar-refractivity contribution in [3.05, 3.63) is 53.1 Å². The summed E-state index contributed by atoms with van der Waals surface area (Å²) in [5, 5.41) is 10.2. The van der Waals surface area contributed by atoms with Crippen LogP contribution in [0.3, 0.4) is 0 Å². The lowest BCUT2D eigenvalue weighted by Gasteiger charge is -2.12. The second-order valence-corrected chi connectivity index (χ2v) is 7.59. The molecule has 6 nitrogen and oxygen atoms in total. The molecule has 0 radical (unpaired) electrons. The van der Waals surface area contributed by atoms with Crippen LogP contribution in [-0.2, 0) is 0 Å². The molecule has 0 aliphatic heterocycles. The Kier molecular flexibility index (Phi) is 6.70. The number of benzene rings is 2. The van der Waals surface area contributed by atoms with E-state index in [0.717, 1.165) is 34.7 Å². The van der Waals surface area contributed by atoms with Crippen LogP contribution < -0.4 is 9.47 Å². The summed E-state index contributed by atoms with van der Waals surface area (Å²) in [6.07, 6.45) is 1.82. The molecular weight excluding hydrogens is 396 g/mol. The molecule has 0 bridgehead atoms. The van der Waals surface area contributed by atoms with Crippen LogP contribution in [-0.4, -0.2) is 36.3 Å². The average Bonchev–Trinajstić information content (AvgIpc) is 3.17. The number of rotatable bonds is 7. The highest BCUT2D eigenvalue weighted by Gasteiger charge is 2.18. The zero-order chi connectivity index (χ0) is 21.7. The molecule has 1 aromatic heterocycles. The number of aliphatic imine (C=N–C) groups is 1. The van der Waals surface area contributed by atoms with E-state index < -0.39 is 0 Å². The van der Waals surface area contributed by atoms with Crippen molar-refractivity contribution >= 4 is 23.6 Å². The fourth-order valence-corrected chi connectivity index (χ4v) is 3.49. The summed E-state index contributed by atoms with van der Waals surface area (Å²) in [7, 11) is 3.60. The van der Waals surface area contributed by atoms with Gasteiger partial charge >= 0.3 is 0 Å². The fourth-order valence-electron chi connectivity index (χ4n) is 2.76. The Morgan fingerprint density at radius 2 is 1.93 bits per heavy atom. The first-order valence-corrected chi connectivity index (χ1v) is 10.3. The van der Waals surface area contributed by atoms with Crippen molar-refractivity contribution in [3.63, 3.8) is 0 Å². The molecule has 2 aromatic carbocycles. The van der Waals surface area contributed by atoms with E-state index in [1.165, 1.54) is 11.5 Å². The zero-order valence-electron chi connectivity index (χ0n) is 17.8. The Labute approximate surface area is 181 Å². The van der Waals surface area contributed by atoms with Gasteiger partial charge < -0.3 is 14.4 Å². The third-order valence-corrected chi connectivity index (χ3v) is 5.45. The molecule has 0 spiro atoms.